The second kappa shape index (κ2) is 10.1. The molecule has 4 rings (SSSR count). The maximum Gasteiger partial charge on any atom is 0.236 e. The molecule has 2 aromatic rings. The van der Waals surface area contributed by atoms with Gasteiger partial charge in [0, 0.05) is 43.4 Å². The summed E-state index contributed by atoms with van der Waals surface area (Å²) in [7, 11) is 0. The van der Waals surface area contributed by atoms with E-state index in [1.54, 1.807) is 0 Å². The largest absolute Gasteiger partial charge is 0.369 e. The van der Waals surface area contributed by atoms with Crippen LogP contribution in [0.15, 0.2) is 48.7 Å². The van der Waals surface area contributed by atoms with Crippen molar-refractivity contribution in [1.82, 2.24) is 14.8 Å². The van der Waals surface area contributed by atoms with Gasteiger partial charge in [-0.1, -0.05) is 36.4 Å². The van der Waals surface area contributed by atoms with E-state index in [2.05, 4.69) is 41.3 Å². The first-order valence-corrected chi connectivity index (χ1v) is 11.4. The third-order valence-corrected chi connectivity index (χ3v) is 6.63. The van der Waals surface area contributed by atoms with Crippen molar-refractivity contribution >= 4 is 11.8 Å². The van der Waals surface area contributed by atoms with Crippen LogP contribution in [0.1, 0.15) is 48.4 Å². The third-order valence-electron chi connectivity index (χ3n) is 6.63. The minimum atomic E-state index is -0.242. The van der Waals surface area contributed by atoms with Gasteiger partial charge in [-0.25, -0.2) is 0 Å². The van der Waals surface area contributed by atoms with Gasteiger partial charge >= 0.3 is 0 Å². The van der Waals surface area contributed by atoms with Gasteiger partial charge in [0.2, 0.25) is 11.8 Å². The highest BCUT2D eigenvalue weighted by atomic mass is 16.2. The molecule has 6 nitrogen and oxygen atoms in total. The van der Waals surface area contributed by atoms with Crippen LogP contribution >= 0.6 is 0 Å². The molecule has 0 spiro atoms. The molecular weight excluding hydrogens is 388 g/mol. The monoisotopic (exact) mass is 420 g/mol. The summed E-state index contributed by atoms with van der Waals surface area (Å²) in [6, 6.07) is 14.8. The standard InChI is InChI=1S/C25H32N4O2/c26-25(31)21-10-13-29(14-11-21)24(30)18-28-12-4-7-22(17-28)23-9-8-20(16-27-23)15-19-5-2-1-3-6-19/h1-3,5-6,8-9,16,21-22H,4,7,10-15,17-18H2,(H2,26,31). The molecule has 2 saturated heterocycles. The molecule has 1 atom stereocenters. The Morgan fingerprint density at radius 2 is 1.74 bits per heavy atom. The van der Waals surface area contributed by atoms with Crippen molar-refractivity contribution in [3.8, 4) is 0 Å². The van der Waals surface area contributed by atoms with Crippen molar-refractivity contribution in [3.63, 3.8) is 0 Å². The van der Waals surface area contributed by atoms with Crippen molar-refractivity contribution in [3.05, 3.63) is 65.5 Å². The molecule has 2 N–H and O–H groups in total. The second-order valence-electron chi connectivity index (χ2n) is 8.89. The molecule has 164 valence electrons. The van der Waals surface area contributed by atoms with Crippen LogP contribution in [-0.4, -0.2) is 59.3 Å². The number of hydrogen-bond acceptors (Lipinski definition) is 4. The zero-order chi connectivity index (χ0) is 21.6. The summed E-state index contributed by atoms with van der Waals surface area (Å²) in [5, 5.41) is 0. The van der Waals surface area contributed by atoms with Crippen LogP contribution in [0.3, 0.4) is 0 Å². The Hall–Kier alpha value is -2.73. The Balaban J connectivity index is 1.29. The summed E-state index contributed by atoms with van der Waals surface area (Å²) in [5.74, 6) is 0.204. The normalized spacial score (nSPS) is 20.5. The highest BCUT2D eigenvalue weighted by Crippen LogP contribution is 2.26. The fourth-order valence-corrected chi connectivity index (χ4v) is 4.76. The van der Waals surface area contributed by atoms with Crippen molar-refractivity contribution in [2.24, 2.45) is 11.7 Å². The lowest BCUT2D eigenvalue weighted by Gasteiger charge is -2.35. The smallest absolute Gasteiger partial charge is 0.236 e. The van der Waals surface area contributed by atoms with Gasteiger partial charge < -0.3 is 10.6 Å². The number of primary amides is 1. The number of pyridine rings is 1. The molecule has 1 unspecified atom stereocenters. The summed E-state index contributed by atoms with van der Waals surface area (Å²) in [6.45, 7) is 3.53. The molecule has 31 heavy (non-hydrogen) atoms. The van der Waals surface area contributed by atoms with Gasteiger partial charge in [-0.15, -0.1) is 0 Å². The van der Waals surface area contributed by atoms with Crippen molar-refractivity contribution in [2.75, 3.05) is 32.7 Å². The number of carbonyl (C=O) groups excluding carboxylic acids is 2. The first kappa shape index (κ1) is 21.5. The van der Waals surface area contributed by atoms with Crippen LogP contribution in [0.5, 0.6) is 0 Å². The van der Waals surface area contributed by atoms with Gasteiger partial charge in [0.05, 0.1) is 6.54 Å². The Morgan fingerprint density at radius 1 is 0.968 bits per heavy atom. The molecule has 0 saturated carbocycles. The van der Waals surface area contributed by atoms with E-state index in [1.807, 2.05) is 17.2 Å². The lowest BCUT2D eigenvalue weighted by Crippen LogP contribution is -2.47. The molecule has 0 radical (unpaired) electrons. The van der Waals surface area contributed by atoms with Gasteiger partial charge in [0.1, 0.15) is 0 Å². The number of benzene rings is 1. The Morgan fingerprint density at radius 3 is 2.42 bits per heavy atom. The molecule has 0 aliphatic carbocycles. The van der Waals surface area contributed by atoms with E-state index >= 15 is 0 Å². The summed E-state index contributed by atoms with van der Waals surface area (Å²) in [5.41, 5.74) is 9.03. The predicted molar refractivity (Wildman–Crippen MR) is 120 cm³/mol. The molecular formula is C25H32N4O2. The van der Waals surface area contributed by atoms with E-state index in [0.717, 1.165) is 38.0 Å². The quantitative estimate of drug-likeness (QED) is 0.779. The van der Waals surface area contributed by atoms with E-state index in [1.165, 1.54) is 11.1 Å². The third kappa shape index (κ3) is 5.70. The first-order chi connectivity index (χ1) is 15.1. The molecule has 0 bridgehead atoms. The average Bonchev–Trinajstić information content (AvgIpc) is 2.80. The molecule has 1 aromatic carbocycles. The van der Waals surface area contributed by atoms with Crippen LogP contribution in [0.4, 0.5) is 0 Å². The number of nitrogens with zero attached hydrogens (tertiary/aromatic N) is 3. The van der Waals surface area contributed by atoms with Crippen molar-refractivity contribution in [2.45, 2.75) is 38.0 Å². The fraction of sp³-hybridized carbons (Fsp3) is 0.480. The fourth-order valence-electron chi connectivity index (χ4n) is 4.76. The number of piperidine rings is 2. The number of amides is 2. The number of aromatic nitrogens is 1. The highest BCUT2D eigenvalue weighted by molar-refractivity contribution is 5.80. The summed E-state index contributed by atoms with van der Waals surface area (Å²) in [4.78, 5) is 33.0. The van der Waals surface area contributed by atoms with Crippen LogP contribution in [0, 0.1) is 5.92 Å². The molecule has 2 amide bonds. The molecule has 6 heteroatoms. The maximum atomic E-state index is 12.8. The number of nitrogens with two attached hydrogens (primary N) is 1. The average molecular weight is 421 g/mol. The van der Waals surface area contributed by atoms with E-state index in [-0.39, 0.29) is 17.7 Å². The van der Waals surface area contributed by atoms with Crippen LogP contribution in [0.2, 0.25) is 0 Å². The zero-order valence-corrected chi connectivity index (χ0v) is 18.1. The van der Waals surface area contributed by atoms with Gasteiger partial charge in [-0.05, 0) is 55.8 Å². The van der Waals surface area contributed by atoms with Gasteiger partial charge in [-0.2, -0.15) is 0 Å². The molecule has 2 aliphatic rings. The molecule has 1 aromatic heterocycles. The summed E-state index contributed by atoms with van der Waals surface area (Å²) >= 11 is 0. The number of hydrogen-bond donors (Lipinski definition) is 1. The minimum absolute atomic E-state index is 0.0839. The van der Waals surface area contributed by atoms with E-state index in [4.69, 9.17) is 10.7 Å². The summed E-state index contributed by atoms with van der Waals surface area (Å²) in [6.07, 6.45) is 6.45. The van der Waals surface area contributed by atoms with Crippen LogP contribution in [-0.2, 0) is 16.0 Å². The van der Waals surface area contributed by atoms with E-state index in [0.29, 0.717) is 38.4 Å². The number of likely N-dealkylation sites (tertiary alicyclic amines) is 2. The second-order valence-corrected chi connectivity index (χ2v) is 8.89. The zero-order valence-electron chi connectivity index (χ0n) is 18.1. The lowest BCUT2D eigenvalue weighted by atomic mass is 9.93. The molecule has 3 heterocycles. The van der Waals surface area contributed by atoms with Crippen LogP contribution < -0.4 is 5.73 Å². The Labute approximate surface area is 184 Å². The SMILES string of the molecule is NC(=O)C1CCN(C(=O)CN2CCCC(c3ccc(Cc4ccccc4)cn3)C2)CC1. The lowest BCUT2D eigenvalue weighted by molar-refractivity contribution is -0.136. The predicted octanol–water partition coefficient (Wildman–Crippen LogP) is 2.58. The minimum Gasteiger partial charge on any atom is -0.369 e. The van der Waals surface area contributed by atoms with Crippen molar-refractivity contribution in [1.29, 1.82) is 0 Å². The van der Waals surface area contributed by atoms with Gasteiger partial charge in [0.15, 0.2) is 0 Å². The molecule has 2 aliphatic heterocycles. The Bertz CT molecular complexity index is 876. The van der Waals surface area contributed by atoms with Crippen molar-refractivity contribution < 1.29 is 9.59 Å². The molecule has 2 fully saturated rings. The van der Waals surface area contributed by atoms with Crippen LogP contribution in [0.25, 0.3) is 0 Å². The number of rotatable bonds is 6. The topological polar surface area (TPSA) is 79.5 Å². The maximum absolute atomic E-state index is 12.8. The van der Waals surface area contributed by atoms with Gasteiger partial charge in [-0.3, -0.25) is 19.5 Å². The first-order valence-electron chi connectivity index (χ1n) is 11.4. The van der Waals surface area contributed by atoms with Gasteiger partial charge in [0.25, 0.3) is 0 Å². The Kier molecular flexibility index (Phi) is 6.97. The van der Waals surface area contributed by atoms with E-state index < -0.39 is 0 Å². The van der Waals surface area contributed by atoms with E-state index in [9.17, 15) is 9.59 Å². The number of carbonyl (C=O) groups is 2. The summed E-state index contributed by atoms with van der Waals surface area (Å²) < 4.78 is 0. The highest BCUT2D eigenvalue weighted by Gasteiger charge is 2.29.